The molecule has 0 saturated carbocycles. The van der Waals surface area contributed by atoms with Crippen LogP contribution in [0.1, 0.15) is 22.5 Å². The number of hydrogen-bond donors (Lipinski definition) is 0. The van der Waals surface area contributed by atoms with Gasteiger partial charge in [0.25, 0.3) is 0 Å². The molecule has 1 aromatic carbocycles. The molecule has 1 heterocycles. The predicted octanol–water partition coefficient (Wildman–Crippen LogP) is 3.12. The predicted molar refractivity (Wildman–Crippen MR) is 85.1 cm³/mol. The van der Waals surface area contributed by atoms with E-state index in [1.54, 1.807) is 0 Å². The van der Waals surface area contributed by atoms with Gasteiger partial charge in [-0.05, 0) is 58.0 Å². The van der Waals surface area contributed by atoms with Crippen molar-refractivity contribution in [1.82, 2.24) is 14.7 Å². The fraction of sp³-hybridized carbons (Fsp3) is 0.471. The van der Waals surface area contributed by atoms with Crippen molar-refractivity contribution >= 4 is 0 Å². The molecule has 0 unspecified atom stereocenters. The third-order valence-electron chi connectivity index (χ3n) is 3.98. The molecule has 3 nitrogen and oxygen atoms in total. The van der Waals surface area contributed by atoms with Gasteiger partial charge in [-0.25, -0.2) is 0 Å². The van der Waals surface area contributed by atoms with E-state index in [-0.39, 0.29) is 0 Å². The molecule has 0 N–H and O–H groups in total. The summed E-state index contributed by atoms with van der Waals surface area (Å²) in [5.74, 6) is 0. The van der Waals surface area contributed by atoms with Crippen molar-refractivity contribution in [3.63, 3.8) is 0 Å². The van der Waals surface area contributed by atoms with Crippen molar-refractivity contribution in [2.45, 2.75) is 27.2 Å². The maximum atomic E-state index is 4.52. The molecule has 0 spiro atoms. The van der Waals surface area contributed by atoms with E-state index in [9.17, 15) is 0 Å². The highest BCUT2D eigenvalue weighted by atomic mass is 15.3. The minimum absolute atomic E-state index is 1.08. The lowest BCUT2D eigenvalue weighted by Crippen LogP contribution is -2.15. The van der Waals surface area contributed by atoms with E-state index in [4.69, 9.17) is 0 Å². The van der Waals surface area contributed by atoms with Crippen molar-refractivity contribution in [1.29, 1.82) is 0 Å². The second-order valence-corrected chi connectivity index (χ2v) is 5.86. The highest BCUT2D eigenvalue weighted by molar-refractivity contribution is 5.69. The number of benzene rings is 1. The SMILES string of the molecule is Cc1ccc(-c2c(C)nn(C)c2C)cc1CCN(C)C. The van der Waals surface area contributed by atoms with Gasteiger partial charge >= 0.3 is 0 Å². The van der Waals surface area contributed by atoms with Gasteiger partial charge in [0.1, 0.15) is 0 Å². The maximum Gasteiger partial charge on any atom is 0.0674 e. The Hall–Kier alpha value is -1.61. The smallest absolute Gasteiger partial charge is 0.0674 e. The Morgan fingerprint density at radius 1 is 1.15 bits per heavy atom. The van der Waals surface area contributed by atoms with E-state index in [0.29, 0.717) is 0 Å². The molecule has 2 aromatic rings. The van der Waals surface area contributed by atoms with E-state index >= 15 is 0 Å². The molecule has 108 valence electrons. The van der Waals surface area contributed by atoms with Crippen LogP contribution in [0.4, 0.5) is 0 Å². The highest BCUT2D eigenvalue weighted by Gasteiger charge is 2.12. The molecule has 0 aliphatic rings. The number of nitrogens with zero attached hydrogens (tertiary/aromatic N) is 3. The summed E-state index contributed by atoms with van der Waals surface area (Å²) in [5, 5.41) is 4.52. The van der Waals surface area contributed by atoms with Gasteiger partial charge in [-0.3, -0.25) is 4.68 Å². The van der Waals surface area contributed by atoms with Crippen molar-refractivity contribution in [2.24, 2.45) is 7.05 Å². The second kappa shape index (κ2) is 5.80. The number of aromatic nitrogens is 2. The zero-order valence-corrected chi connectivity index (χ0v) is 13.5. The molecule has 20 heavy (non-hydrogen) atoms. The first-order valence-electron chi connectivity index (χ1n) is 7.15. The van der Waals surface area contributed by atoms with Crippen LogP contribution in [0, 0.1) is 20.8 Å². The van der Waals surface area contributed by atoms with Gasteiger partial charge < -0.3 is 4.90 Å². The number of rotatable bonds is 4. The van der Waals surface area contributed by atoms with Crippen molar-refractivity contribution in [2.75, 3.05) is 20.6 Å². The van der Waals surface area contributed by atoms with Crippen LogP contribution in [-0.2, 0) is 13.5 Å². The fourth-order valence-corrected chi connectivity index (χ4v) is 2.63. The van der Waals surface area contributed by atoms with Gasteiger partial charge in [0.15, 0.2) is 0 Å². The van der Waals surface area contributed by atoms with Crippen LogP contribution in [0.5, 0.6) is 0 Å². The average Bonchev–Trinajstić information content (AvgIpc) is 2.63. The molecule has 0 amide bonds. The largest absolute Gasteiger partial charge is 0.309 e. The van der Waals surface area contributed by atoms with Gasteiger partial charge in [0.05, 0.1) is 5.69 Å². The Kier molecular flexibility index (Phi) is 4.29. The van der Waals surface area contributed by atoms with Crippen molar-refractivity contribution < 1.29 is 0 Å². The first kappa shape index (κ1) is 14.8. The fourth-order valence-electron chi connectivity index (χ4n) is 2.63. The van der Waals surface area contributed by atoms with Gasteiger partial charge in [0, 0.05) is 24.8 Å². The first-order chi connectivity index (χ1) is 9.40. The number of hydrogen-bond acceptors (Lipinski definition) is 2. The van der Waals surface area contributed by atoms with Gasteiger partial charge in [-0.2, -0.15) is 5.10 Å². The molecule has 1 aromatic heterocycles. The van der Waals surface area contributed by atoms with E-state index in [2.05, 4.69) is 63.1 Å². The molecule has 0 fully saturated rings. The molecule has 0 saturated heterocycles. The van der Waals surface area contributed by atoms with Gasteiger partial charge in [0.2, 0.25) is 0 Å². The topological polar surface area (TPSA) is 21.1 Å². The molecule has 0 radical (unpaired) electrons. The lowest BCUT2D eigenvalue weighted by atomic mass is 9.97. The van der Waals surface area contributed by atoms with Crippen LogP contribution in [0.25, 0.3) is 11.1 Å². The van der Waals surface area contributed by atoms with E-state index < -0.39 is 0 Å². The minimum atomic E-state index is 1.08. The quantitative estimate of drug-likeness (QED) is 0.852. The van der Waals surface area contributed by atoms with E-state index in [1.807, 2.05) is 11.7 Å². The Labute approximate surface area is 122 Å². The lowest BCUT2D eigenvalue weighted by Gasteiger charge is -2.13. The zero-order chi connectivity index (χ0) is 14.9. The Balaban J connectivity index is 2.40. The summed E-state index contributed by atoms with van der Waals surface area (Å²) >= 11 is 0. The third-order valence-corrected chi connectivity index (χ3v) is 3.98. The minimum Gasteiger partial charge on any atom is -0.309 e. The molecule has 0 bridgehead atoms. The monoisotopic (exact) mass is 271 g/mol. The van der Waals surface area contributed by atoms with Crippen molar-refractivity contribution in [3.05, 3.63) is 40.7 Å². The number of aryl methyl sites for hydroxylation is 3. The Morgan fingerprint density at radius 2 is 1.85 bits per heavy atom. The summed E-state index contributed by atoms with van der Waals surface area (Å²) in [7, 11) is 6.25. The molecular formula is C17H25N3. The van der Waals surface area contributed by atoms with Crippen LogP contribution in [0.2, 0.25) is 0 Å². The van der Waals surface area contributed by atoms with Crippen LogP contribution >= 0.6 is 0 Å². The third kappa shape index (κ3) is 2.93. The summed E-state index contributed by atoms with van der Waals surface area (Å²) in [6.07, 6.45) is 1.09. The van der Waals surface area contributed by atoms with E-state index in [0.717, 1.165) is 18.7 Å². The Bertz CT molecular complexity index is 609. The Morgan fingerprint density at radius 3 is 2.40 bits per heavy atom. The summed E-state index contributed by atoms with van der Waals surface area (Å²) in [6.45, 7) is 7.49. The van der Waals surface area contributed by atoms with Crippen LogP contribution in [-0.4, -0.2) is 35.3 Å². The highest BCUT2D eigenvalue weighted by Crippen LogP contribution is 2.28. The summed E-state index contributed by atoms with van der Waals surface area (Å²) < 4.78 is 1.96. The normalized spacial score (nSPS) is 11.3. The lowest BCUT2D eigenvalue weighted by molar-refractivity contribution is 0.413. The summed E-state index contributed by atoms with van der Waals surface area (Å²) in [6, 6.07) is 6.77. The summed E-state index contributed by atoms with van der Waals surface area (Å²) in [5.41, 5.74) is 7.69. The standard InChI is InChI=1S/C17H25N3/c1-12-7-8-16(11-15(12)9-10-19(4)5)17-13(2)18-20(6)14(17)3/h7-8,11H,9-10H2,1-6H3. The van der Waals surface area contributed by atoms with Crippen LogP contribution < -0.4 is 0 Å². The number of likely N-dealkylation sites (N-methyl/N-ethyl adjacent to an activating group) is 1. The van der Waals surface area contributed by atoms with Crippen LogP contribution in [0.15, 0.2) is 18.2 Å². The van der Waals surface area contributed by atoms with Gasteiger partial charge in [-0.15, -0.1) is 0 Å². The van der Waals surface area contributed by atoms with Crippen molar-refractivity contribution in [3.8, 4) is 11.1 Å². The first-order valence-corrected chi connectivity index (χ1v) is 7.15. The molecule has 2 rings (SSSR count). The maximum absolute atomic E-state index is 4.52. The van der Waals surface area contributed by atoms with E-state index in [1.165, 1.54) is 27.9 Å². The van der Waals surface area contributed by atoms with Crippen LogP contribution in [0.3, 0.4) is 0 Å². The molecule has 0 atom stereocenters. The molecular weight excluding hydrogens is 246 g/mol. The van der Waals surface area contributed by atoms with Gasteiger partial charge in [-0.1, -0.05) is 18.2 Å². The molecule has 3 heteroatoms. The molecule has 0 aliphatic carbocycles. The summed E-state index contributed by atoms with van der Waals surface area (Å²) in [4.78, 5) is 2.23. The average molecular weight is 271 g/mol. The molecule has 0 aliphatic heterocycles. The second-order valence-electron chi connectivity index (χ2n) is 5.86. The zero-order valence-electron chi connectivity index (χ0n) is 13.5.